The molecule has 0 aliphatic heterocycles. The molecule has 0 bridgehead atoms. The maximum atomic E-state index is 12.4. The van der Waals surface area contributed by atoms with Crippen molar-refractivity contribution in [2.45, 2.75) is 12.8 Å². The van der Waals surface area contributed by atoms with Crippen LogP contribution in [0.4, 0.5) is 14.6 Å². The first-order valence-corrected chi connectivity index (χ1v) is 3.85. The van der Waals surface area contributed by atoms with Crippen LogP contribution in [-0.4, -0.2) is 22.4 Å². The molecule has 1 heterocycles. The van der Waals surface area contributed by atoms with Crippen LogP contribution in [-0.2, 0) is 0 Å². The van der Waals surface area contributed by atoms with E-state index in [1.807, 2.05) is 0 Å². The highest BCUT2D eigenvalue weighted by Crippen LogP contribution is 2.12. The third-order valence-corrected chi connectivity index (χ3v) is 1.35. The normalized spacial score (nSPS) is 10.7. The Morgan fingerprint density at radius 2 is 2.21 bits per heavy atom. The summed E-state index contributed by atoms with van der Waals surface area (Å²) in [5.74, 6) is -2.57. The summed E-state index contributed by atoms with van der Waals surface area (Å²) < 4.78 is 24.8. The Balaban J connectivity index is 2.58. The van der Waals surface area contributed by atoms with Crippen LogP contribution >= 0.6 is 0 Å². The highest BCUT2D eigenvalue weighted by molar-refractivity contribution is 5.33. The van der Waals surface area contributed by atoms with E-state index in [2.05, 4.69) is 15.3 Å². The molecule has 0 aliphatic rings. The van der Waals surface area contributed by atoms with Crippen molar-refractivity contribution in [3.63, 3.8) is 0 Å². The number of nitrogens with one attached hydrogen (secondary N) is 1. The van der Waals surface area contributed by atoms with Crippen molar-refractivity contribution in [3.05, 3.63) is 18.1 Å². The van der Waals surface area contributed by atoms with Gasteiger partial charge in [0, 0.05) is 6.92 Å². The molecule has 1 aromatic heterocycles. The van der Waals surface area contributed by atoms with Crippen LogP contribution in [0.1, 0.15) is 12.6 Å². The molecule has 1 aromatic rings. The molecule has 0 saturated heterocycles. The zero-order valence-electron chi connectivity index (χ0n) is 7.46. The van der Waals surface area contributed by atoms with Gasteiger partial charge in [0.1, 0.15) is 11.9 Å². The van der Waals surface area contributed by atoms with E-state index in [1.165, 1.54) is 12.4 Å². The minimum atomic E-state index is -2.80. The number of alkyl halides is 2. The number of anilines is 1. The zero-order valence-corrected chi connectivity index (χ0v) is 7.46. The Morgan fingerprint density at radius 1 is 1.50 bits per heavy atom. The second-order valence-corrected chi connectivity index (χ2v) is 2.82. The average Bonchev–Trinajstić information content (AvgIpc) is 2.14. The van der Waals surface area contributed by atoms with Crippen LogP contribution in [0.3, 0.4) is 0 Å². The minimum absolute atomic E-state index is 0.152. The number of aromatic nitrogens is 2. The molecule has 1 rings (SSSR count). The van der Waals surface area contributed by atoms with Gasteiger partial charge in [0.05, 0.1) is 18.9 Å². The summed E-state index contributed by atoms with van der Waals surface area (Å²) in [6, 6.07) is 1.78. The minimum Gasteiger partial charge on any atom is -0.363 e. The fourth-order valence-corrected chi connectivity index (χ4v) is 0.723. The molecule has 0 spiro atoms. The first-order chi connectivity index (χ1) is 6.51. The topological polar surface area (TPSA) is 61.6 Å². The average molecular weight is 198 g/mol. The lowest BCUT2D eigenvalue weighted by atomic mass is 10.4. The molecule has 0 amide bonds. The second kappa shape index (κ2) is 3.96. The van der Waals surface area contributed by atoms with E-state index in [-0.39, 0.29) is 11.5 Å². The monoisotopic (exact) mass is 198 g/mol. The fourth-order valence-electron chi connectivity index (χ4n) is 0.723. The van der Waals surface area contributed by atoms with E-state index in [9.17, 15) is 8.78 Å². The van der Waals surface area contributed by atoms with E-state index < -0.39 is 12.5 Å². The summed E-state index contributed by atoms with van der Waals surface area (Å²) in [5.41, 5.74) is 0.152. The number of hydrogen-bond acceptors (Lipinski definition) is 4. The first-order valence-electron chi connectivity index (χ1n) is 3.85. The van der Waals surface area contributed by atoms with Crippen LogP contribution < -0.4 is 5.32 Å². The molecular weight excluding hydrogens is 190 g/mol. The predicted octanol–water partition coefficient (Wildman–Crippen LogP) is 1.42. The predicted molar refractivity (Wildman–Crippen MR) is 45.9 cm³/mol. The molecule has 0 atom stereocenters. The summed E-state index contributed by atoms with van der Waals surface area (Å²) in [7, 11) is 0. The molecule has 74 valence electrons. The van der Waals surface area contributed by atoms with Gasteiger partial charge in [-0.1, -0.05) is 0 Å². The van der Waals surface area contributed by atoms with Crippen molar-refractivity contribution in [3.8, 4) is 6.07 Å². The van der Waals surface area contributed by atoms with Gasteiger partial charge >= 0.3 is 0 Å². The van der Waals surface area contributed by atoms with Gasteiger partial charge in [-0.15, -0.1) is 0 Å². The lowest BCUT2D eigenvalue weighted by molar-refractivity contribution is 0.0367. The van der Waals surface area contributed by atoms with Crippen molar-refractivity contribution in [1.82, 2.24) is 9.97 Å². The lowest BCUT2D eigenvalue weighted by Gasteiger charge is -2.10. The molecule has 0 saturated carbocycles. The molecule has 0 unspecified atom stereocenters. The largest absolute Gasteiger partial charge is 0.363 e. The summed E-state index contributed by atoms with van der Waals surface area (Å²) in [6.07, 6.45) is 2.46. The van der Waals surface area contributed by atoms with Gasteiger partial charge in [-0.05, 0) is 0 Å². The van der Waals surface area contributed by atoms with E-state index in [0.717, 1.165) is 6.92 Å². The highest BCUT2D eigenvalue weighted by atomic mass is 19.3. The van der Waals surface area contributed by atoms with E-state index >= 15 is 0 Å². The summed E-state index contributed by atoms with van der Waals surface area (Å²) in [5, 5.41) is 10.8. The molecule has 14 heavy (non-hydrogen) atoms. The van der Waals surface area contributed by atoms with Crippen molar-refractivity contribution in [2.24, 2.45) is 0 Å². The van der Waals surface area contributed by atoms with Crippen LogP contribution in [0.2, 0.25) is 0 Å². The second-order valence-electron chi connectivity index (χ2n) is 2.82. The van der Waals surface area contributed by atoms with Gasteiger partial charge in [0.25, 0.3) is 5.92 Å². The van der Waals surface area contributed by atoms with E-state index in [0.29, 0.717) is 0 Å². The fraction of sp³-hybridized carbons (Fsp3) is 0.375. The van der Waals surface area contributed by atoms with Crippen molar-refractivity contribution >= 4 is 5.82 Å². The summed E-state index contributed by atoms with van der Waals surface area (Å²) >= 11 is 0. The number of hydrogen-bond donors (Lipinski definition) is 1. The third-order valence-electron chi connectivity index (χ3n) is 1.35. The Bertz CT molecular complexity index is 336. The molecular formula is C8H8F2N4. The van der Waals surface area contributed by atoms with Gasteiger partial charge in [-0.3, -0.25) is 0 Å². The molecule has 0 aromatic carbocycles. The van der Waals surface area contributed by atoms with E-state index in [1.54, 1.807) is 6.07 Å². The maximum absolute atomic E-state index is 12.4. The molecule has 1 N–H and O–H groups in total. The Hall–Kier alpha value is -1.77. The quantitative estimate of drug-likeness (QED) is 0.797. The molecule has 0 aliphatic carbocycles. The van der Waals surface area contributed by atoms with Crippen LogP contribution in [0.5, 0.6) is 0 Å². The van der Waals surface area contributed by atoms with Crippen LogP contribution in [0, 0.1) is 11.3 Å². The van der Waals surface area contributed by atoms with Gasteiger partial charge in [-0.25, -0.2) is 18.7 Å². The standard InChI is InChI=1S/C8H8F2N4/c1-8(9,10)5-14-7-4-12-6(2-11)3-13-7/h3-4H,5H2,1H3,(H,13,14). The summed E-state index contributed by atoms with van der Waals surface area (Å²) in [6.45, 7) is 0.296. The number of halogens is 2. The van der Waals surface area contributed by atoms with Crippen molar-refractivity contribution in [2.75, 3.05) is 11.9 Å². The smallest absolute Gasteiger partial charge is 0.262 e. The van der Waals surface area contributed by atoms with Gasteiger partial charge in [-0.2, -0.15) is 5.26 Å². The van der Waals surface area contributed by atoms with Crippen molar-refractivity contribution < 1.29 is 8.78 Å². The zero-order chi connectivity index (χ0) is 10.6. The van der Waals surface area contributed by atoms with E-state index in [4.69, 9.17) is 5.26 Å². The molecule has 0 radical (unpaired) electrons. The van der Waals surface area contributed by atoms with Crippen LogP contribution in [0.15, 0.2) is 12.4 Å². The van der Waals surface area contributed by atoms with Crippen molar-refractivity contribution in [1.29, 1.82) is 5.26 Å². The Morgan fingerprint density at radius 3 is 2.64 bits per heavy atom. The number of nitriles is 1. The molecule has 4 nitrogen and oxygen atoms in total. The Labute approximate surface area is 79.6 Å². The molecule has 6 heteroatoms. The van der Waals surface area contributed by atoms with Gasteiger partial charge in [0.15, 0.2) is 5.69 Å². The summed E-state index contributed by atoms with van der Waals surface area (Å²) in [4.78, 5) is 7.39. The number of rotatable bonds is 3. The SMILES string of the molecule is CC(F)(F)CNc1cnc(C#N)cn1. The molecule has 0 fully saturated rings. The third kappa shape index (κ3) is 3.31. The highest BCUT2D eigenvalue weighted by Gasteiger charge is 2.20. The Kier molecular flexibility index (Phi) is 2.92. The lowest BCUT2D eigenvalue weighted by Crippen LogP contribution is -2.23. The van der Waals surface area contributed by atoms with Crippen LogP contribution in [0.25, 0.3) is 0 Å². The first kappa shape index (κ1) is 10.3. The van der Waals surface area contributed by atoms with Gasteiger partial charge in [0.2, 0.25) is 0 Å². The van der Waals surface area contributed by atoms with Gasteiger partial charge < -0.3 is 5.32 Å². The maximum Gasteiger partial charge on any atom is 0.262 e. The number of nitrogens with zero attached hydrogens (tertiary/aromatic N) is 3.